The maximum atomic E-state index is 12.6. The molecule has 7 heteroatoms. The van der Waals surface area contributed by atoms with Crippen LogP contribution in [0.2, 0.25) is 5.02 Å². The van der Waals surface area contributed by atoms with Crippen LogP contribution in [-0.2, 0) is 16.6 Å². The van der Waals surface area contributed by atoms with Crippen molar-refractivity contribution in [1.29, 1.82) is 0 Å². The van der Waals surface area contributed by atoms with Crippen molar-refractivity contribution in [2.45, 2.75) is 23.7 Å². The summed E-state index contributed by atoms with van der Waals surface area (Å²) in [5, 5.41) is 2.32. The van der Waals surface area contributed by atoms with E-state index in [1.165, 1.54) is 15.6 Å². The average molecular weight is 345 g/mol. The molecule has 0 bridgehead atoms. The van der Waals surface area contributed by atoms with Crippen molar-refractivity contribution in [2.24, 2.45) is 5.73 Å². The summed E-state index contributed by atoms with van der Waals surface area (Å²) in [4.78, 5) is 0. The summed E-state index contributed by atoms with van der Waals surface area (Å²) < 4.78 is 26.9. The number of rotatable bonds is 5. The second-order valence-electron chi connectivity index (χ2n) is 4.70. The van der Waals surface area contributed by atoms with E-state index in [0.717, 1.165) is 11.1 Å². The van der Waals surface area contributed by atoms with E-state index < -0.39 is 10.0 Å². The van der Waals surface area contributed by atoms with Crippen LogP contribution < -0.4 is 5.73 Å². The maximum Gasteiger partial charge on any atom is 0.252 e. The molecule has 0 saturated carbocycles. The first-order valence-electron chi connectivity index (χ1n) is 6.38. The monoisotopic (exact) mass is 344 g/mol. The van der Waals surface area contributed by atoms with Gasteiger partial charge >= 0.3 is 0 Å². The van der Waals surface area contributed by atoms with Gasteiger partial charge in [-0.15, -0.1) is 11.3 Å². The lowest BCUT2D eigenvalue weighted by atomic mass is 10.1. The third-order valence-corrected chi connectivity index (χ3v) is 7.14. The minimum absolute atomic E-state index is 0.296. The minimum atomic E-state index is -3.55. The van der Waals surface area contributed by atoms with Gasteiger partial charge in [0.05, 0.1) is 0 Å². The quantitative estimate of drug-likeness (QED) is 0.905. The Hall–Kier alpha value is -0.920. The fourth-order valence-electron chi connectivity index (χ4n) is 1.96. The third-order valence-electron chi connectivity index (χ3n) is 3.40. The van der Waals surface area contributed by atoms with Gasteiger partial charge in [-0.05, 0) is 35.6 Å². The van der Waals surface area contributed by atoms with Crippen LogP contribution in [0.15, 0.2) is 39.9 Å². The Labute approximate surface area is 134 Å². The number of nitrogens with two attached hydrogens (primary N) is 1. The molecule has 0 aliphatic rings. The highest BCUT2D eigenvalue weighted by molar-refractivity contribution is 7.91. The highest BCUT2D eigenvalue weighted by Crippen LogP contribution is 2.32. The van der Waals surface area contributed by atoms with E-state index >= 15 is 0 Å². The number of sulfonamides is 1. The van der Waals surface area contributed by atoms with Crippen molar-refractivity contribution in [1.82, 2.24) is 4.31 Å². The lowest BCUT2D eigenvalue weighted by Crippen LogP contribution is -2.29. The molecular weight excluding hydrogens is 328 g/mol. The first-order chi connectivity index (χ1) is 9.87. The predicted octanol–water partition coefficient (Wildman–Crippen LogP) is 3.24. The smallest absolute Gasteiger partial charge is 0.252 e. The molecule has 4 nitrogen and oxygen atoms in total. The van der Waals surface area contributed by atoms with E-state index in [2.05, 4.69) is 0 Å². The number of hydrogen-bond acceptors (Lipinski definition) is 4. The normalized spacial score (nSPS) is 13.6. The maximum absolute atomic E-state index is 12.6. The van der Waals surface area contributed by atoms with Crippen LogP contribution in [0.3, 0.4) is 0 Å². The number of thiophene rings is 1. The molecule has 0 aliphatic carbocycles. The predicted molar refractivity (Wildman–Crippen MR) is 87.0 cm³/mol. The van der Waals surface area contributed by atoms with Crippen LogP contribution in [0.4, 0.5) is 0 Å². The molecule has 0 aliphatic heterocycles. The summed E-state index contributed by atoms with van der Waals surface area (Å²) in [5.41, 5.74) is 7.13. The molecule has 21 heavy (non-hydrogen) atoms. The molecule has 114 valence electrons. The zero-order valence-corrected chi connectivity index (χ0v) is 14.2. The van der Waals surface area contributed by atoms with Gasteiger partial charge in [0.15, 0.2) is 0 Å². The Morgan fingerprint density at radius 2 is 2.05 bits per heavy atom. The molecule has 1 heterocycles. The van der Waals surface area contributed by atoms with Gasteiger partial charge in [0.1, 0.15) is 4.21 Å². The van der Waals surface area contributed by atoms with Crippen LogP contribution in [0.25, 0.3) is 0 Å². The molecular formula is C14H17ClN2O2S2. The van der Waals surface area contributed by atoms with Gasteiger partial charge in [0, 0.05) is 24.7 Å². The number of hydrogen-bond donors (Lipinski definition) is 1. The molecule has 2 rings (SSSR count). The largest absolute Gasteiger partial charge is 0.326 e. The van der Waals surface area contributed by atoms with Crippen LogP contribution >= 0.6 is 22.9 Å². The summed E-state index contributed by atoms with van der Waals surface area (Å²) in [6.07, 6.45) is 0. The summed E-state index contributed by atoms with van der Waals surface area (Å²) in [5.74, 6) is 0. The van der Waals surface area contributed by atoms with E-state index in [9.17, 15) is 8.42 Å². The highest BCUT2D eigenvalue weighted by Gasteiger charge is 2.28. The van der Waals surface area contributed by atoms with E-state index in [4.69, 9.17) is 17.3 Å². The van der Waals surface area contributed by atoms with E-state index in [1.807, 2.05) is 25.1 Å². The Morgan fingerprint density at radius 3 is 2.62 bits per heavy atom. The van der Waals surface area contributed by atoms with E-state index in [1.54, 1.807) is 24.6 Å². The average Bonchev–Trinajstić information content (AvgIpc) is 2.96. The van der Waals surface area contributed by atoms with Crippen LogP contribution in [0, 0.1) is 0 Å². The fourth-order valence-corrected chi connectivity index (χ4v) is 5.00. The zero-order valence-electron chi connectivity index (χ0n) is 11.8. The van der Waals surface area contributed by atoms with Crippen molar-refractivity contribution in [3.8, 4) is 0 Å². The molecule has 0 fully saturated rings. The molecule has 0 saturated heterocycles. The molecule has 2 aromatic rings. The van der Waals surface area contributed by atoms with Gasteiger partial charge < -0.3 is 5.73 Å². The Balaban J connectivity index is 2.34. The Morgan fingerprint density at radius 1 is 1.38 bits per heavy atom. The lowest BCUT2D eigenvalue weighted by molar-refractivity contribution is 0.399. The zero-order chi connectivity index (χ0) is 15.6. The molecule has 0 spiro atoms. The third kappa shape index (κ3) is 3.30. The topological polar surface area (TPSA) is 63.4 Å². The Bertz CT molecular complexity index is 728. The first kappa shape index (κ1) is 16.5. The van der Waals surface area contributed by atoms with Crippen molar-refractivity contribution in [3.63, 3.8) is 0 Å². The molecule has 2 N–H and O–H groups in total. The summed E-state index contributed by atoms with van der Waals surface area (Å²) in [7, 11) is -1.99. The molecule has 0 amide bonds. The van der Waals surface area contributed by atoms with Crippen LogP contribution in [0.1, 0.15) is 24.1 Å². The van der Waals surface area contributed by atoms with Crippen molar-refractivity contribution in [2.75, 3.05) is 7.05 Å². The lowest BCUT2D eigenvalue weighted by Gasteiger charge is -2.24. The SMILES string of the molecule is CC(c1ccccc1Cl)N(C)S(=O)(=O)c1cc(CN)cs1. The van der Waals surface area contributed by atoms with Gasteiger partial charge in [-0.1, -0.05) is 29.8 Å². The standard InChI is InChI=1S/C14H17ClN2O2S2/c1-10(12-5-3-4-6-13(12)15)17(2)21(18,19)14-7-11(8-16)9-20-14/h3-7,9-10H,8,16H2,1-2H3. The van der Waals surface area contributed by atoms with Crippen molar-refractivity contribution >= 4 is 33.0 Å². The minimum Gasteiger partial charge on any atom is -0.326 e. The van der Waals surface area contributed by atoms with Crippen molar-refractivity contribution < 1.29 is 8.42 Å². The van der Waals surface area contributed by atoms with Crippen LogP contribution in [-0.4, -0.2) is 19.8 Å². The van der Waals surface area contributed by atoms with E-state index in [0.29, 0.717) is 15.8 Å². The number of halogens is 1. The highest BCUT2D eigenvalue weighted by atomic mass is 35.5. The number of benzene rings is 1. The van der Waals surface area contributed by atoms with Gasteiger partial charge in [-0.2, -0.15) is 4.31 Å². The second-order valence-corrected chi connectivity index (χ2v) is 8.24. The molecule has 1 atom stereocenters. The molecule has 0 radical (unpaired) electrons. The number of nitrogens with zero attached hydrogens (tertiary/aromatic N) is 1. The molecule has 1 unspecified atom stereocenters. The van der Waals surface area contributed by atoms with Gasteiger partial charge in [0.2, 0.25) is 0 Å². The molecule has 1 aromatic heterocycles. The second kappa shape index (κ2) is 6.46. The van der Waals surface area contributed by atoms with E-state index in [-0.39, 0.29) is 6.04 Å². The van der Waals surface area contributed by atoms with Gasteiger partial charge in [0.25, 0.3) is 10.0 Å². The summed E-state index contributed by atoms with van der Waals surface area (Å²) >= 11 is 7.33. The van der Waals surface area contributed by atoms with Crippen molar-refractivity contribution in [3.05, 3.63) is 51.9 Å². The first-order valence-corrected chi connectivity index (χ1v) is 9.07. The fraction of sp³-hybridized carbons (Fsp3) is 0.286. The van der Waals surface area contributed by atoms with Crippen LogP contribution in [0.5, 0.6) is 0 Å². The van der Waals surface area contributed by atoms with Gasteiger partial charge in [-0.3, -0.25) is 0 Å². The molecule has 1 aromatic carbocycles. The summed E-state index contributed by atoms with van der Waals surface area (Å²) in [6.45, 7) is 2.14. The summed E-state index contributed by atoms with van der Waals surface area (Å²) in [6, 6.07) is 8.52. The van der Waals surface area contributed by atoms with Gasteiger partial charge in [-0.25, -0.2) is 8.42 Å². The Kier molecular flexibility index (Phi) is 5.06.